The highest BCUT2D eigenvalue weighted by Crippen LogP contribution is 2.60. The zero-order valence-corrected chi connectivity index (χ0v) is 21.0. The van der Waals surface area contributed by atoms with E-state index in [-0.39, 0.29) is 17.9 Å². The first-order valence-corrected chi connectivity index (χ1v) is 13.0. The summed E-state index contributed by atoms with van der Waals surface area (Å²) in [7, 11) is 0. The van der Waals surface area contributed by atoms with Gasteiger partial charge in [0.25, 0.3) is 0 Å². The second-order valence-corrected chi connectivity index (χ2v) is 10.4. The number of fused-ring (bicyclic) bond motifs is 2. The Bertz CT molecular complexity index is 1350. The van der Waals surface area contributed by atoms with Gasteiger partial charge in [0, 0.05) is 11.0 Å². The van der Waals surface area contributed by atoms with Crippen molar-refractivity contribution in [3.8, 4) is 17.1 Å². The molecule has 1 aromatic heterocycles. The van der Waals surface area contributed by atoms with Crippen LogP contribution in [-0.2, 0) is 16.7 Å². The van der Waals surface area contributed by atoms with E-state index in [0.29, 0.717) is 18.3 Å². The quantitative estimate of drug-likeness (QED) is 0.348. The van der Waals surface area contributed by atoms with Gasteiger partial charge >= 0.3 is 0 Å². The molecule has 190 valence electrons. The maximum Gasteiger partial charge on any atom is 0.216 e. The average Bonchev–Trinajstić information content (AvgIpc) is 3.70. The van der Waals surface area contributed by atoms with Crippen molar-refractivity contribution in [2.24, 2.45) is 17.6 Å². The molecule has 8 heteroatoms. The fraction of sp³-hybridized carbons (Fsp3) is 0.379. The number of tetrazole rings is 1. The average molecular weight is 497 g/mol. The lowest BCUT2D eigenvalue weighted by Crippen LogP contribution is -2.48. The first-order valence-electron chi connectivity index (χ1n) is 13.0. The van der Waals surface area contributed by atoms with Crippen LogP contribution in [0.5, 0.6) is 5.75 Å². The molecule has 2 fully saturated rings. The van der Waals surface area contributed by atoms with Gasteiger partial charge in [-0.3, -0.25) is 5.41 Å². The van der Waals surface area contributed by atoms with Crippen LogP contribution in [0.25, 0.3) is 11.4 Å². The van der Waals surface area contributed by atoms with Crippen LogP contribution in [0.2, 0.25) is 0 Å². The summed E-state index contributed by atoms with van der Waals surface area (Å²) in [5.41, 5.74) is 8.41. The number of nitrogens with zero attached hydrogens (tertiary/aromatic N) is 4. The number of ether oxygens (including phenoxy) is 2. The van der Waals surface area contributed by atoms with Crippen LogP contribution in [0, 0.1) is 17.2 Å². The Morgan fingerprint density at radius 1 is 1.11 bits per heavy atom. The highest BCUT2D eigenvalue weighted by Gasteiger charge is 2.52. The zero-order chi connectivity index (χ0) is 25.5. The van der Waals surface area contributed by atoms with E-state index in [2.05, 4.69) is 51.8 Å². The molecule has 2 heterocycles. The van der Waals surface area contributed by atoms with E-state index in [1.807, 2.05) is 25.1 Å². The van der Waals surface area contributed by atoms with Crippen LogP contribution in [0.15, 0.2) is 73.0 Å². The summed E-state index contributed by atoms with van der Waals surface area (Å²) in [5, 5.41) is 20.7. The Hall–Kier alpha value is -3.94. The number of rotatable bonds is 8. The fourth-order valence-electron chi connectivity index (χ4n) is 6.42. The minimum atomic E-state index is -1.07. The summed E-state index contributed by atoms with van der Waals surface area (Å²) in [5.74, 6) is 2.71. The van der Waals surface area contributed by atoms with Crippen molar-refractivity contribution in [3.63, 3.8) is 0 Å². The zero-order valence-electron chi connectivity index (χ0n) is 21.0. The molecule has 0 radical (unpaired) electrons. The molecule has 3 aromatic rings. The number of nitrogens with one attached hydrogen (secondary N) is 1. The predicted octanol–water partition coefficient (Wildman–Crippen LogP) is 4.62. The van der Waals surface area contributed by atoms with Crippen LogP contribution < -0.4 is 10.5 Å². The molecule has 37 heavy (non-hydrogen) atoms. The number of nitrogens with two attached hydrogens (primary N) is 1. The van der Waals surface area contributed by atoms with Gasteiger partial charge in [0.1, 0.15) is 18.2 Å². The molecular formula is C29H32N6O2. The smallest absolute Gasteiger partial charge is 0.216 e. The third-order valence-corrected chi connectivity index (χ3v) is 8.35. The molecule has 3 aliphatic rings. The second kappa shape index (κ2) is 9.18. The van der Waals surface area contributed by atoms with Crippen LogP contribution in [-0.4, -0.2) is 38.3 Å². The van der Waals surface area contributed by atoms with Crippen molar-refractivity contribution in [3.05, 3.63) is 84.1 Å². The van der Waals surface area contributed by atoms with E-state index >= 15 is 0 Å². The number of aromatic nitrogens is 4. The lowest BCUT2D eigenvalue weighted by molar-refractivity contribution is 0.0729. The van der Waals surface area contributed by atoms with Crippen molar-refractivity contribution < 1.29 is 9.47 Å². The summed E-state index contributed by atoms with van der Waals surface area (Å²) < 4.78 is 11.7. The number of hydrogen-bond donors (Lipinski definition) is 2. The van der Waals surface area contributed by atoms with Crippen molar-refractivity contribution in [1.82, 2.24) is 20.2 Å². The Kier molecular flexibility index (Phi) is 5.82. The largest absolute Gasteiger partial charge is 0.489 e. The van der Waals surface area contributed by atoms with Crippen molar-refractivity contribution in [2.45, 2.75) is 50.2 Å². The van der Waals surface area contributed by atoms with Gasteiger partial charge in [-0.2, -0.15) is 4.80 Å². The number of benzene rings is 2. The lowest BCUT2D eigenvalue weighted by atomic mass is 9.64. The molecule has 1 unspecified atom stereocenters. The lowest BCUT2D eigenvalue weighted by Gasteiger charge is -2.39. The minimum Gasteiger partial charge on any atom is -0.489 e. The summed E-state index contributed by atoms with van der Waals surface area (Å²) in [6.45, 7) is 2.84. The van der Waals surface area contributed by atoms with E-state index in [1.54, 1.807) is 23.2 Å². The highest BCUT2D eigenvalue weighted by atomic mass is 16.5. The van der Waals surface area contributed by atoms with Crippen molar-refractivity contribution in [2.75, 3.05) is 6.61 Å². The summed E-state index contributed by atoms with van der Waals surface area (Å²) in [6, 6.07) is 17.2. The third kappa shape index (κ3) is 4.00. The summed E-state index contributed by atoms with van der Waals surface area (Å²) in [4.78, 5) is 1.61. The van der Waals surface area contributed by atoms with E-state index < -0.39 is 5.60 Å². The van der Waals surface area contributed by atoms with Gasteiger partial charge < -0.3 is 15.2 Å². The molecule has 0 amide bonds. The van der Waals surface area contributed by atoms with Crippen LogP contribution in [0.4, 0.5) is 0 Å². The van der Waals surface area contributed by atoms with Gasteiger partial charge in [-0.15, -0.1) is 10.2 Å². The maximum absolute atomic E-state index is 7.97. The molecule has 2 aliphatic carbocycles. The molecule has 1 aliphatic heterocycles. The molecule has 4 atom stereocenters. The molecular weight excluding hydrogens is 464 g/mol. The third-order valence-electron chi connectivity index (χ3n) is 8.35. The first-order chi connectivity index (χ1) is 18.0. The van der Waals surface area contributed by atoms with E-state index in [0.717, 1.165) is 17.2 Å². The van der Waals surface area contributed by atoms with Crippen LogP contribution >= 0.6 is 0 Å². The number of aryl methyl sites for hydroxylation is 1. The van der Waals surface area contributed by atoms with E-state index in [9.17, 15) is 0 Å². The fourth-order valence-corrected chi connectivity index (χ4v) is 6.42. The molecule has 0 spiro atoms. The molecule has 2 bridgehead atoms. The Morgan fingerprint density at radius 3 is 2.43 bits per heavy atom. The topological polar surface area (TPSA) is 112 Å². The van der Waals surface area contributed by atoms with Crippen molar-refractivity contribution in [1.29, 1.82) is 5.41 Å². The minimum absolute atomic E-state index is 0.00491. The second-order valence-electron chi connectivity index (χ2n) is 10.4. The van der Waals surface area contributed by atoms with E-state index in [1.165, 1.54) is 36.8 Å². The molecule has 2 aromatic carbocycles. The Morgan fingerprint density at radius 2 is 1.86 bits per heavy atom. The molecule has 3 N–H and O–H groups in total. The van der Waals surface area contributed by atoms with Gasteiger partial charge in [-0.1, -0.05) is 48.9 Å². The van der Waals surface area contributed by atoms with Crippen LogP contribution in [0.1, 0.15) is 43.7 Å². The Labute approximate surface area is 216 Å². The number of allylic oxidation sites excluding steroid dienone is 2. The SMILES string of the molecule is CCn1nnc(-c2ccc([C@]3(c4ccc(OCC5(C(=N)N)C=CC=CO5)cc4)C[C@@H]4CC[C@H]3C4)cc2)n1. The molecule has 0 saturated heterocycles. The number of hydrogen-bond acceptors (Lipinski definition) is 6. The summed E-state index contributed by atoms with van der Waals surface area (Å²) >= 11 is 0. The normalized spacial score (nSPS) is 27.8. The van der Waals surface area contributed by atoms with Gasteiger partial charge in [0.2, 0.25) is 11.4 Å². The number of amidine groups is 1. The molecule has 6 rings (SSSR count). The maximum atomic E-state index is 7.97. The highest BCUT2D eigenvalue weighted by molar-refractivity contribution is 5.89. The standard InChI is InChI=1S/C29H32N6O2/c1-2-35-33-26(32-34-35)21-6-9-22(10-7-21)29(18-20-5-8-24(29)17-20)23-11-13-25(14-12-23)36-19-28(27(30)31)15-3-4-16-37-28/h3-4,6-7,9-16,20,24H,2,5,8,17-19H2,1H3,(H3,30,31)/t20-,24+,28?,29+/m1/s1. The first kappa shape index (κ1) is 23.5. The van der Waals surface area contributed by atoms with Crippen LogP contribution in [0.3, 0.4) is 0 Å². The van der Waals surface area contributed by atoms with Gasteiger partial charge in [-0.05, 0) is 78.6 Å². The molecule has 8 nitrogen and oxygen atoms in total. The van der Waals surface area contributed by atoms with Gasteiger partial charge in [0.05, 0.1) is 12.8 Å². The Balaban J connectivity index is 1.26. The molecule has 2 saturated carbocycles. The van der Waals surface area contributed by atoms with Gasteiger partial charge in [0.15, 0.2) is 0 Å². The monoisotopic (exact) mass is 496 g/mol. The predicted molar refractivity (Wildman–Crippen MR) is 141 cm³/mol. The van der Waals surface area contributed by atoms with E-state index in [4.69, 9.17) is 20.6 Å². The van der Waals surface area contributed by atoms with Crippen molar-refractivity contribution >= 4 is 5.84 Å². The van der Waals surface area contributed by atoms with Gasteiger partial charge in [-0.25, -0.2) is 0 Å². The summed E-state index contributed by atoms with van der Waals surface area (Å²) in [6.07, 6.45) is 11.9.